The standard InChI is InChI=1S/C22H14O/c1-13-9-10-18-21-16(13)7-4-8-17(21)19-11-14-5-2-3-6-15(14)12-20(19)22(18)23/h2-12H,1H3. The molecule has 0 amide bonds. The van der Waals surface area contributed by atoms with Crippen LogP contribution in [0.4, 0.5) is 0 Å². The fourth-order valence-electron chi connectivity index (χ4n) is 3.76. The van der Waals surface area contributed by atoms with Crippen LogP contribution < -0.4 is 0 Å². The van der Waals surface area contributed by atoms with E-state index in [0.717, 1.165) is 27.5 Å². The van der Waals surface area contributed by atoms with Crippen LogP contribution in [-0.4, -0.2) is 5.78 Å². The second kappa shape index (κ2) is 4.30. The van der Waals surface area contributed by atoms with Crippen molar-refractivity contribution in [2.75, 3.05) is 0 Å². The quantitative estimate of drug-likeness (QED) is 0.368. The molecule has 0 N–H and O–H groups in total. The molecular weight excluding hydrogens is 280 g/mol. The van der Waals surface area contributed by atoms with E-state index in [1.807, 2.05) is 30.3 Å². The molecule has 0 radical (unpaired) electrons. The summed E-state index contributed by atoms with van der Waals surface area (Å²) in [4.78, 5) is 13.0. The van der Waals surface area contributed by atoms with E-state index in [-0.39, 0.29) is 5.78 Å². The molecule has 1 aliphatic carbocycles. The first-order chi connectivity index (χ1) is 11.2. The van der Waals surface area contributed by atoms with E-state index in [9.17, 15) is 4.79 Å². The van der Waals surface area contributed by atoms with E-state index < -0.39 is 0 Å². The highest BCUT2D eigenvalue weighted by Gasteiger charge is 2.25. The maximum atomic E-state index is 13.0. The van der Waals surface area contributed by atoms with Gasteiger partial charge in [-0.3, -0.25) is 4.79 Å². The van der Waals surface area contributed by atoms with Gasteiger partial charge in [-0.25, -0.2) is 0 Å². The molecule has 0 heterocycles. The summed E-state index contributed by atoms with van der Waals surface area (Å²) < 4.78 is 0. The Morgan fingerprint density at radius 3 is 2.17 bits per heavy atom. The molecule has 0 atom stereocenters. The van der Waals surface area contributed by atoms with E-state index in [1.165, 1.54) is 21.9 Å². The van der Waals surface area contributed by atoms with Gasteiger partial charge < -0.3 is 0 Å². The Bertz CT molecular complexity index is 1140. The van der Waals surface area contributed by atoms with Gasteiger partial charge >= 0.3 is 0 Å². The van der Waals surface area contributed by atoms with Gasteiger partial charge in [-0.05, 0) is 51.9 Å². The van der Waals surface area contributed by atoms with Gasteiger partial charge in [0.05, 0.1) is 0 Å². The maximum Gasteiger partial charge on any atom is 0.194 e. The fourth-order valence-corrected chi connectivity index (χ4v) is 3.76. The average Bonchev–Trinajstić information content (AvgIpc) is 2.59. The van der Waals surface area contributed by atoms with E-state index in [2.05, 4.69) is 43.3 Å². The Balaban J connectivity index is 2.00. The van der Waals surface area contributed by atoms with Gasteiger partial charge in [-0.1, -0.05) is 54.6 Å². The van der Waals surface area contributed by atoms with Crippen molar-refractivity contribution in [1.29, 1.82) is 0 Å². The number of hydrogen-bond acceptors (Lipinski definition) is 1. The zero-order valence-electron chi connectivity index (χ0n) is 12.8. The number of aryl methyl sites for hydroxylation is 1. The van der Waals surface area contributed by atoms with Gasteiger partial charge in [0.1, 0.15) is 0 Å². The SMILES string of the molecule is Cc1ccc2c3c(cccc13)-c1cc3ccccc3cc1C2=O. The zero-order valence-corrected chi connectivity index (χ0v) is 12.8. The Hall–Kier alpha value is -2.93. The molecule has 23 heavy (non-hydrogen) atoms. The number of hydrogen-bond donors (Lipinski definition) is 0. The lowest BCUT2D eigenvalue weighted by Crippen LogP contribution is -2.10. The number of ketones is 1. The molecule has 0 saturated heterocycles. The third kappa shape index (κ3) is 1.59. The van der Waals surface area contributed by atoms with Gasteiger partial charge in [-0.2, -0.15) is 0 Å². The van der Waals surface area contributed by atoms with Gasteiger partial charge in [0.25, 0.3) is 0 Å². The predicted octanol–water partition coefficient (Wildman–Crippen LogP) is 5.51. The highest BCUT2D eigenvalue weighted by atomic mass is 16.1. The van der Waals surface area contributed by atoms with Crippen LogP contribution in [0.15, 0.2) is 66.7 Å². The first-order valence-electron chi connectivity index (χ1n) is 7.84. The Morgan fingerprint density at radius 2 is 1.39 bits per heavy atom. The van der Waals surface area contributed by atoms with E-state index >= 15 is 0 Å². The molecule has 0 bridgehead atoms. The molecule has 5 rings (SSSR count). The first-order valence-corrected chi connectivity index (χ1v) is 7.84. The summed E-state index contributed by atoms with van der Waals surface area (Å²) in [6.45, 7) is 2.10. The first kappa shape index (κ1) is 12.6. The van der Waals surface area contributed by atoms with Crippen LogP contribution in [0.1, 0.15) is 21.5 Å². The summed E-state index contributed by atoms with van der Waals surface area (Å²) in [6, 6.07) is 22.8. The van der Waals surface area contributed by atoms with Crippen molar-refractivity contribution in [3.63, 3.8) is 0 Å². The minimum absolute atomic E-state index is 0.134. The monoisotopic (exact) mass is 294 g/mol. The molecule has 0 fully saturated rings. The normalized spacial score (nSPS) is 12.7. The molecule has 4 aromatic rings. The second-order valence-corrected chi connectivity index (χ2v) is 6.23. The molecule has 0 aliphatic heterocycles. The third-order valence-electron chi connectivity index (χ3n) is 4.92. The zero-order chi connectivity index (χ0) is 15.6. The molecule has 1 heteroatoms. The van der Waals surface area contributed by atoms with Crippen LogP contribution in [0.25, 0.3) is 32.7 Å². The Labute approximate surface area is 134 Å². The smallest absolute Gasteiger partial charge is 0.194 e. The summed E-state index contributed by atoms with van der Waals surface area (Å²) in [7, 11) is 0. The number of carbonyl (C=O) groups is 1. The van der Waals surface area contributed by atoms with Crippen LogP contribution in [-0.2, 0) is 0 Å². The Kier molecular flexibility index (Phi) is 2.35. The summed E-state index contributed by atoms with van der Waals surface area (Å²) in [5, 5.41) is 4.56. The lowest BCUT2D eigenvalue weighted by atomic mass is 9.81. The molecule has 1 nitrogen and oxygen atoms in total. The van der Waals surface area contributed by atoms with Crippen molar-refractivity contribution < 1.29 is 4.79 Å². The van der Waals surface area contributed by atoms with Crippen LogP contribution in [0, 0.1) is 6.92 Å². The number of rotatable bonds is 0. The van der Waals surface area contributed by atoms with Crippen molar-refractivity contribution in [3.8, 4) is 11.1 Å². The highest BCUT2D eigenvalue weighted by molar-refractivity contribution is 6.27. The predicted molar refractivity (Wildman–Crippen MR) is 95.1 cm³/mol. The van der Waals surface area contributed by atoms with Gasteiger partial charge in [0, 0.05) is 16.5 Å². The summed E-state index contributed by atoms with van der Waals surface area (Å²) in [5.41, 5.74) is 5.07. The molecule has 0 saturated carbocycles. The third-order valence-corrected chi connectivity index (χ3v) is 4.92. The average molecular weight is 294 g/mol. The Morgan fingerprint density at radius 1 is 0.652 bits per heavy atom. The molecule has 0 spiro atoms. The van der Waals surface area contributed by atoms with Gasteiger partial charge in [0.2, 0.25) is 0 Å². The second-order valence-electron chi connectivity index (χ2n) is 6.23. The topological polar surface area (TPSA) is 17.1 Å². The molecular formula is C22H14O. The molecule has 4 aromatic carbocycles. The lowest BCUT2D eigenvalue weighted by molar-refractivity contribution is 0.104. The van der Waals surface area contributed by atoms with Crippen molar-refractivity contribution in [2.45, 2.75) is 6.92 Å². The van der Waals surface area contributed by atoms with Crippen LogP contribution >= 0.6 is 0 Å². The van der Waals surface area contributed by atoms with Crippen LogP contribution in [0.3, 0.4) is 0 Å². The molecule has 0 aromatic heterocycles. The van der Waals surface area contributed by atoms with Crippen LogP contribution in [0.5, 0.6) is 0 Å². The minimum Gasteiger partial charge on any atom is -0.289 e. The molecule has 108 valence electrons. The lowest BCUT2D eigenvalue weighted by Gasteiger charge is -2.21. The summed E-state index contributed by atoms with van der Waals surface area (Å²) in [6.07, 6.45) is 0. The fraction of sp³-hybridized carbons (Fsp3) is 0.0455. The minimum atomic E-state index is 0.134. The van der Waals surface area contributed by atoms with Gasteiger partial charge in [0.15, 0.2) is 5.78 Å². The molecule has 0 unspecified atom stereocenters. The van der Waals surface area contributed by atoms with E-state index in [4.69, 9.17) is 0 Å². The van der Waals surface area contributed by atoms with Crippen molar-refractivity contribution in [2.24, 2.45) is 0 Å². The summed E-state index contributed by atoms with van der Waals surface area (Å²) >= 11 is 0. The van der Waals surface area contributed by atoms with Crippen molar-refractivity contribution in [3.05, 3.63) is 83.4 Å². The van der Waals surface area contributed by atoms with E-state index in [0.29, 0.717) is 0 Å². The van der Waals surface area contributed by atoms with Crippen molar-refractivity contribution >= 4 is 27.3 Å². The largest absolute Gasteiger partial charge is 0.289 e. The van der Waals surface area contributed by atoms with Gasteiger partial charge in [-0.15, -0.1) is 0 Å². The van der Waals surface area contributed by atoms with E-state index in [1.54, 1.807) is 0 Å². The number of carbonyl (C=O) groups excluding carboxylic acids is 1. The highest BCUT2D eigenvalue weighted by Crippen LogP contribution is 2.41. The maximum absolute atomic E-state index is 13.0. The number of benzene rings is 4. The number of fused-ring (bicyclic) bond motifs is 3. The summed E-state index contributed by atoms with van der Waals surface area (Å²) in [5.74, 6) is 0.134. The van der Waals surface area contributed by atoms with Crippen LogP contribution in [0.2, 0.25) is 0 Å². The van der Waals surface area contributed by atoms with Crippen molar-refractivity contribution in [1.82, 2.24) is 0 Å². The molecule has 1 aliphatic rings.